The molecule has 0 spiro atoms. The highest BCUT2D eigenvalue weighted by Gasteiger charge is 2.31. The third-order valence-corrected chi connectivity index (χ3v) is 5.17. The zero-order chi connectivity index (χ0) is 22.0. The number of nitrogens with zero attached hydrogens (tertiary/aromatic N) is 4. The zero-order valence-corrected chi connectivity index (χ0v) is 17.2. The van der Waals surface area contributed by atoms with Crippen molar-refractivity contribution in [3.63, 3.8) is 0 Å². The van der Waals surface area contributed by atoms with E-state index in [4.69, 9.17) is 14.2 Å². The number of aromatic nitrogens is 2. The van der Waals surface area contributed by atoms with Gasteiger partial charge >= 0.3 is 5.97 Å². The molecular formula is C21H22N4O6. The topological polar surface area (TPSA) is 111 Å². The Labute approximate surface area is 178 Å². The average Bonchev–Trinajstić information content (AvgIpc) is 3.04. The Bertz CT molecular complexity index is 1010. The van der Waals surface area contributed by atoms with Gasteiger partial charge in [-0.15, -0.1) is 0 Å². The molecule has 31 heavy (non-hydrogen) atoms. The summed E-state index contributed by atoms with van der Waals surface area (Å²) in [5.74, 6) is -0.174. The Morgan fingerprint density at radius 1 is 1.06 bits per heavy atom. The average molecular weight is 426 g/mol. The van der Waals surface area contributed by atoms with Gasteiger partial charge in [0.2, 0.25) is 5.88 Å². The molecule has 0 aliphatic carbocycles. The lowest BCUT2D eigenvalue weighted by molar-refractivity contribution is -0.132. The first-order valence-corrected chi connectivity index (χ1v) is 9.89. The van der Waals surface area contributed by atoms with Crippen LogP contribution < -0.4 is 9.47 Å². The number of benzene rings is 1. The minimum atomic E-state index is -0.627. The number of carbonyl (C=O) groups excluding carboxylic acids is 3. The molecule has 2 amide bonds. The number of ether oxygens (including phenoxy) is 3. The molecule has 0 saturated carbocycles. The van der Waals surface area contributed by atoms with Crippen molar-refractivity contribution in [1.29, 1.82) is 0 Å². The molecule has 2 aliphatic heterocycles. The quantitative estimate of drug-likeness (QED) is 0.639. The van der Waals surface area contributed by atoms with Gasteiger partial charge in [0.15, 0.2) is 6.10 Å². The number of hydrogen-bond acceptors (Lipinski definition) is 8. The van der Waals surface area contributed by atoms with Gasteiger partial charge in [-0.25, -0.2) is 14.8 Å². The zero-order valence-electron chi connectivity index (χ0n) is 17.2. The second-order valence-corrected chi connectivity index (χ2v) is 7.33. The second kappa shape index (κ2) is 8.58. The van der Waals surface area contributed by atoms with Crippen molar-refractivity contribution in [2.75, 3.05) is 33.8 Å². The van der Waals surface area contributed by atoms with Crippen molar-refractivity contribution in [2.45, 2.75) is 18.9 Å². The molecule has 0 unspecified atom stereocenters. The molecule has 162 valence electrons. The summed E-state index contributed by atoms with van der Waals surface area (Å²) in [7, 11) is 2.98. The summed E-state index contributed by atoms with van der Waals surface area (Å²) in [6, 6.07) is 4.52. The smallest absolute Gasteiger partial charge is 0.338 e. The van der Waals surface area contributed by atoms with Crippen LogP contribution in [0.5, 0.6) is 17.4 Å². The molecule has 3 heterocycles. The van der Waals surface area contributed by atoms with E-state index in [0.717, 1.165) is 19.5 Å². The Balaban J connectivity index is 1.53. The summed E-state index contributed by atoms with van der Waals surface area (Å²) in [6.45, 7) is 2.05. The van der Waals surface area contributed by atoms with Crippen LogP contribution in [-0.4, -0.2) is 77.4 Å². The van der Waals surface area contributed by atoms with Crippen LogP contribution in [0.1, 0.15) is 33.7 Å². The number of likely N-dealkylation sites (tertiary alicyclic amines) is 2. The van der Waals surface area contributed by atoms with Crippen molar-refractivity contribution in [1.82, 2.24) is 19.8 Å². The van der Waals surface area contributed by atoms with Crippen LogP contribution in [0.2, 0.25) is 0 Å². The fourth-order valence-corrected chi connectivity index (χ4v) is 3.28. The molecule has 0 radical (unpaired) electrons. The molecule has 2 aliphatic rings. The van der Waals surface area contributed by atoms with E-state index >= 15 is 0 Å². The van der Waals surface area contributed by atoms with Gasteiger partial charge in [-0.2, -0.15) is 0 Å². The maximum absolute atomic E-state index is 12.2. The molecule has 2 saturated heterocycles. The van der Waals surface area contributed by atoms with Crippen molar-refractivity contribution in [2.24, 2.45) is 0 Å². The van der Waals surface area contributed by atoms with E-state index in [-0.39, 0.29) is 34.7 Å². The SMILES string of the molecule is COC(=O)c1cc(Oc2cnc(C(=O)N3CCC3)cn2)cc(O[C@H]2CCN(C)C2=O)c1. The lowest BCUT2D eigenvalue weighted by Gasteiger charge is -2.30. The number of methoxy groups -OCH3 is 1. The van der Waals surface area contributed by atoms with Crippen molar-refractivity contribution in [3.8, 4) is 17.4 Å². The fourth-order valence-electron chi connectivity index (χ4n) is 3.28. The van der Waals surface area contributed by atoms with Crippen molar-refractivity contribution >= 4 is 17.8 Å². The highest BCUT2D eigenvalue weighted by atomic mass is 16.5. The lowest BCUT2D eigenvalue weighted by atomic mass is 10.2. The molecule has 10 nitrogen and oxygen atoms in total. The predicted molar refractivity (Wildman–Crippen MR) is 107 cm³/mol. The van der Waals surface area contributed by atoms with Crippen LogP contribution in [0.4, 0.5) is 0 Å². The lowest BCUT2D eigenvalue weighted by Crippen LogP contribution is -2.42. The normalized spacial score (nSPS) is 17.9. The highest BCUT2D eigenvalue weighted by Crippen LogP contribution is 2.29. The number of hydrogen-bond donors (Lipinski definition) is 0. The molecular weight excluding hydrogens is 404 g/mol. The van der Waals surface area contributed by atoms with E-state index in [2.05, 4.69) is 9.97 Å². The van der Waals surface area contributed by atoms with Gasteiger partial charge in [0.25, 0.3) is 11.8 Å². The monoisotopic (exact) mass is 426 g/mol. The number of likely N-dealkylation sites (N-methyl/N-ethyl adjacent to an activating group) is 1. The summed E-state index contributed by atoms with van der Waals surface area (Å²) in [5, 5.41) is 0. The highest BCUT2D eigenvalue weighted by molar-refractivity contribution is 5.92. The van der Waals surface area contributed by atoms with Crippen LogP contribution in [0.25, 0.3) is 0 Å². The Morgan fingerprint density at radius 2 is 1.84 bits per heavy atom. The van der Waals surface area contributed by atoms with E-state index in [0.29, 0.717) is 18.7 Å². The van der Waals surface area contributed by atoms with Crippen LogP contribution in [0.3, 0.4) is 0 Å². The van der Waals surface area contributed by atoms with Gasteiger partial charge in [0.1, 0.15) is 17.2 Å². The van der Waals surface area contributed by atoms with Gasteiger partial charge < -0.3 is 24.0 Å². The third kappa shape index (κ3) is 4.42. The van der Waals surface area contributed by atoms with Gasteiger partial charge in [0, 0.05) is 39.2 Å². The second-order valence-electron chi connectivity index (χ2n) is 7.33. The van der Waals surface area contributed by atoms with Gasteiger partial charge in [-0.1, -0.05) is 0 Å². The summed E-state index contributed by atoms with van der Waals surface area (Å²) in [6.07, 6.45) is 3.60. The minimum Gasteiger partial charge on any atom is -0.480 e. The number of rotatable bonds is 6. The molecule has 1 aromatic carbocycles. The van der Waals surface area contributed by atoms with Gasteiger partial charge in [-0.05, 0) is 18.6 Å². The number of carbonyl (C=O) groups is 3. The molecule has 10 heteroatoms. The maximum Gasteiger partial charge on any atom is 0.338 e. The molecule has 1 aromatic heterocycles. The summed E-state index contributed by atoms with van der Waals surface area (Å²) < 4.78 is 16.3. The Kier molecular flexibility index (Phi) is 5.70. The third-order valence-electron chi connectivity index (χ3n) is 5.17. The fraction of sp³-hybridized carbons (Fsp3) is 0.381. The maximum atomic E-state index is 12.2. The Morgan fingerprint density at radius 3 is 2.42 bits per heavy atom. The summed E-state index contributed by atoms with van der Waals surface area (Å²) >= 11 is 0. The predicted octanol–water partition coefficient (Wildman–Crippen LogP) is 1.51. The first-order valence-electron chi connectivity index (χ1n) is 9.89. The molecule has 0 bridgehead atoms. The summed E-state index contributed by atoms with van der Waals surface area (Å²) in [4.78, 5) is 47.9. The number of amides is 2. The number of esters is 1. The molecule has 4 rings (SSSR count). The van der Waals surface area contributed by atoms with E-state index in [1.165, 1.54) is 31.6 Å². The standard InChI is InChI=1S/C21H22N4O6/c1-24-7-4-17(20(24)27)30-14-8-13(21(28)29-2)9-15(10-14)31-18-12-22-16(11-23-18)19(26)25-5-3-6-25/h8-12,17H,3-7H2,1-2H3/t17-/m0/s1. The van der Waals surface area contributed by atoms with Gasteiger partial charge in [-0.3, -0.25) is 9.59 Å². The van der Waals surface area contributed by atoms with Crippen LogP contribution in [0.15, 0.2) is 30.6 Å². The van der Waals surface area contributed by atoms with E-state index in [9.17, 15) is 14.4 Å². The van der Waals surface area contributed by atoms with Crippen molar-refractivity contribution in [3.05, 3.63) is 41.9 Å². The van der Waals surface area contributed by atoms with E-state index < -0.39 is 12.1 Å². The van der Waals surface area contributed by atoms with Crippen LogP contribution in [-0.2, 0) is 9.53 Å². The molecule has 2 fully saturated rings. The molecule has 2 aromatic rings. The van der Waals surface area contributed by atoms with Crippen LogP contribution in [0, 0.1) is 0 Å². The largest absolute Gasteiger partial charge is 0.480 e. The van der Waals surface area contributed by atoms with E-state index in [1.807, 2.05) is 0 Å². The molecule has 1 atom stereocenters. The first-order chi connectivity index (χ1) is 14.9. The molecule has 0 N–H and O–H groups in total. The summed E-state index contributed by atoms with van der Waals surface area (Å²) in [5.41, 5.74) is 0.439. The minimum absolute atomic E-state index is 0.126. The van der Waals surface area contributed by atoms with Crippen molar-refractivity contribution < 1.29 is 28.6 Å². The van der Waals surface area contributed by atoms with Gasteiger partial charge in [0.05, 0.1) is 25.1 Å². The first kappa shape index (κ1) is 20.6. The van der Waals surface area contributed by atoms with E-state index in [1.54, 1.807) is 22.9 Å². The Hall–Kier alpha value is -3.69. The van der Waals surface area contributed by atoms with Crippen LogP contribution >= 0.6 is 0 Å².